The molecule has 0 heterocycles. The van der Waals surface area contributed by atoms with Gasteiger partial charge in [-0.15, -0.1) is 0 Å². The van der Waals surface area contributed by atoms with Gasteiger partial charge >= 0.3 is 0 Å². The molecule has 0 aromatic heterocycles. The molecule has 1 aromatic rings. The van der Waals surface area contributed by atoms with E-state index in [1.165, 1.54) is 5.22 Å². The molecule has 0 saturated carbocycles. The van der Waals surface area contributed by atoms with E-state index in [1.807, 2.05) is 31.2 Å². The molecule has 4 nitrogen and oxygen atoms in total. The summed E-state index contributed by atoms with van der Waals surface area (Å²) in [6, 6.07) is 8.03. The fourth-order valence-electron chi connectivity index (χ4n) is 2.09. The Kier molecular flexibility index (Phi) is 5.69. The van der Waals surface area contributed by atoms with Gasteiger partial charge in [-0.25, -0.2) is 9.98 Å². The lowest BCUT2D eigenvalue weighted by Crippen LogP contribution is -2.36. The molecule has 5 heteroatoms. The van der Waals surface area contributed by atoms with E-state index in [4.69, 9.17) is 11.6 Å². The molecule has 0 radical (unpaired) electrons. The predicted octanol–water partition coefficient (Wildman–Crippen LogP) is 1.42. The minimum Gasteiger partial charge on any atom is -0.336 e. The van der Waals surface area contributed by atoms with Gasteiger partial charge < -0.3 is 5.32 Å². The van der Waals surface area contributed by atoms with Crippen LogP contribution >= 0.6 is 11.6 Å². The Morgan fingerprint density at radius 2 is 2.19 bits per heavy atom. The van der Waals surface area contributed by atoms with Crippen molar-refractivity contribution in [3.05, 3.63) is 34.7 Å². The number of carbonyl (C=O) groups is 1. The van der Waals surface area contributed by atoms with Crippen LogP contribution in [0.2, 0.25) is 0 Å². The molecule has 1 amide bonds. The first-order valence-electron chi connectivity index (χ1n) is 6.98. The molecule has 110 valence electrons. The maximum absolute atomic E-state index is 12.1. The maximum atomic E-state index is 12.1. The normalized spacial score (nSPS) is 17.8. The van der Waals surface area contributed by atoms with Crippen LogP contribution in [-0.4, -0.2) is 24.1 Å². The summed E-state index contributed by atoms with van der Waals surface area (Å²) in [4.78, 5) is 20.0. The molecule has 1 aliphatic rings. The van der Waals surface area contributed by atoms with Gasteiger partial charge in [0.05, 0.1) is 5.92 Å². The lowest BCUT2D eigenvalue weighted by molar-refractivity contribution is -0.122. The van der Waals surface area contributed by atoms with Crippen LogP contribution < -0.4 is 15.8 Å². The fourth-order valence-corrected chi connectivity index (χ4v) is 2.22. The highest BCUT2D eigenvalue weighted by Crippen LogP contribution is 2.08. The number of amidine groups is 1. The number of carbonyl (C=O) groups excluding carboxylic acids is 1. The minimum atomic E-state index is -0.159. The van der Waals surface area contributed by atoms with Crippen molar-refractivity contribution in [3.8, 4) is 0 Å². The molecule has 1 aliphatic carbocycles. The van der Waals surface area contributed by atoms with E-state index in [9.17, 15) is 4.79 Å². The first-order chi connectivity index (χ1) is 10.2. The van der Waals surface area contributed by atoms with Crippen LogP contribution in [0.25, 0.3) is 12.2 Å². The van der Waals surface area contributed by atoms with Crippen molar-refractivity contribution in [2.75, 3.05) is 6.67 Å². The number of fused-ring (bicyclic) bond motifs is 1. The summed E-state index contributed by atoms with van der Waals surface area (Å²) < 4.78 is 0. The Morgan fingerprint density at radius 1 is 1.43 bits per heavy atom. The van der Waals surface area contributed by atoms with E-state index in [0.717, 1.165) is 11.6 Å². The maximum Gasteiger partial charge on any atom is 0.228 e. The van der Waals surface area contributed by atoms with Crippen LogP contribution in [-0.2, 0) is 4.79 Å². The van der Waals surface area contributed by atoms with Crippen molar-refractivity contribution < 1.29 is 4.79 Å². The Hall–Kier alpha value is -1.94. The van der Waals surface area contributed by atoms with Gasteiger partial charge in [0.25, 0.3) is 0 Å². The highest BCUT2D eigenvalue weighted by atomic mass is 35.5. The van der Waals surface area contributed by atoms with Crippen molar-refractivity contribution in [1.29, 1.82) is 0 Å². The lowest BCUT2D eigenvalue weighted by Gasteiger charge is -2.13. The molecule has 0 aliphatic heterocycles. The Morgan fingerprint density at radius 3 is 2.95 bits per heavy atom. The number of amides is 1. The quantitative estimate of drug-likeness (QED) is 0.510. The summed E-state index contributed by atoms with van der Waals surface area (Å²) in [5.41, 5.74) is 0. The Bertz CT molecular complexity index is 679. The van der Waals surface area contributed by atoms with Gasteiger partial charge in [-0.05, 0) is 34.9 Å². The molecule has 1 unspecified atom stereocenters. The number of hydrogen-bond donors (Lipinski definition) is 1. The average molecular weight is 304 g/mol. The van der Waals surface area contributed by atoms with Gasteiger partial charge in [-0.2, -0.15) is 0 Å². The van der Waals surface area contributed by atoms with Crippen molar-refractivity contribution >= 4 is 41.2 Å². The molecule has 0 bridgehead atoms. The van der Waals surface area contributed by atoms with E-state index in [2.05, 4.69) is 27.4 Å². The van der Waals surface area contributed by atoms with Crippen LogP contribution in [0.3, 0.4) is 0 Å². The minimum absolute atomic E-state index is 0.0477. The summed E-state index contributed by atoms with van der Waals surface area (Å²) in [5, 5.41) is 5.18. The van der Waals surface area contributed by atoms with Gasteiger partial charge in [0.15, 0.2) is 0 Å². The highest BCUT2D eigenvalue weighted by molar-refractivity contribution is 6.65. The zero-order valence-corrected chi connectivity index (χ0v) is 12.7. The Labute approximate surface area is 129 Å². The molecular formula is C16H18ClN3O. The van der Waals surface area contributed by atoms with Crippen molar-refractivity contribution in [1.82, 2.24) is 5.32 Å². The average Bonchev–Trinajstić information content (AvgIpc) is 2.52. The molecular weight excluding hydrogens is 286 g/mol. The number of nitrogens with zero attached hydrogens (tertiary/aromatic N) is 2. The van der Waals surface area contributed by atoms with Gasteiger partial charge in [0, 0.05) is 6.21 Å². The van der Waals surface area contributed by atoms with Gasteiger partial charge in [0.1, 0.15) is 6.67 Å². The molecule has 2 rings (SSSR count). The van der Waals surface area contributed by atoms with E-state index < -0.39 is 0 Å². The molecule has 0 saturated heterocycles. The number of hydrogen-bond acceptors (Lipinski definition) is 2. The standard InChI is InChI=1S/C16H18ClN3O/c1-2-9-18-16(17)20-11-19-15(21)14-8-7-12-5-3-4-6-13(12)10-14/h3-7,9-10,14H,2,8,11H2,1H3,(H,19,21). The zero-order chi connectivity index (χ0) is 15.1. The third kappa shape index (κ3) is 4.53. The molecule has 1 aromatic carbocycles. The van der Waals surface area contributed by atoms with Crippen molar-refractivity contribution in [3.63, 3.8) is 0 Å². The van der Waals surface area contributed by atoms with Gasteiger partial charge in [-0.3, -0.25) is 4.79 Å². The van der Waals surface area contributed by atoms with Crippen LogP contribution in [0.15, 0.2) is 34.3 Å². The first kappa shape index (κ1) is 15.4. The first-order valence-corrected chi connectivity index (χ1v) is 7.35. The summed E-state index contributed by atoms with van der Waals surface area (Å²) in [5.74, 6) is -0.207. The van der Waals surface area contributed by atoms with Crippen LogP contribution in [0, 0.1) is 5.92 Å². The Balaban J connectivity index is 1.94. The number of rotatable bonds is 4. The third-order valence-corrected chi connectivity index (χ3v) is 3.37. The van der Waals surface area contributed by atoms with Gasteiger partial charge in [0.2, 0.25) is 11.2 Å². The molecule has 1 atom stereocenters. The van der Waals surface area contributed by atoms with E-state index in [0.29, 0.717) is 6.42 Å². The fraction of sp³-hybridized carbons (Fsp3) is 0.312. The summed E-state index contributed by atoms with van der Waals surface area (Å²) in [6.45, 7) is 2.10. The van der Waals surface area contributed by atoms with Crippen LogP contribution in [0.4, 0.5) is 0 Å². The second kappa shape index (κ2) is 7.74. The number of halogens is 1. The van der Waals surface area contributed by atoms with E-state index in [-0.39, 0.29) is 23.8 Å². The zero-order valence-electron chi connectivity index (χ0n) is 11.9. The molecule has 21 heavy (non-hydrogen) atoms. The predicted molar refractivity (Wildman–Crippen MR) is 87.8 cm³/mol. The van der Waals surface area contributed by atoms with Crippen LogP contribution in [0.1, 0.15) is 19.8 Å². The summed E-state index contributed by atoms with van der Waals surface area (Å²) in [7, 11) is 0. The van der Waals surface area contributed by atoms with Crippen molar-refractivity contribution in [2.24, 2.45) is 15.9 Å². The number of aliphatic imine (C=N–C) groups is 2. The molecule has 0 fully saturated rings. The molecule has 1 N–H and O–H groups in total. The van der Waals surface area contributed by atoms with Crippen LogP contribution in [0.5, 0.6) is 0 Å². The smallest absolute Gasteiger partial charge is 0.228 e. The van der Waals surface area contributed by atoms with Gasteiger partial charge in [-0.1, -0.05) is 43.3 Å². The number of nitrogens with one attached hydrogen (secondary N) is 1. The lowest BCUT2D eigenvalue weighted by atomic mass is 9.97. The highest BCUT2D eigenvalue weighted by Gasteiger charge is 2.15. The van der Waals surface area contributed by atoms with E-state index >= 15 is 0 Å². The monoisotopic (exact) mass is 303 g/mol. The second-order valence-corrected chi connectivity index (χ2v) is 5.03. The number of benzene rings is 1. The summed E-state index contributed by atoms with van der Waals surface area (Å²) in [6.07, 6.45) is 7.25. The third-order valence-electron chi connectivity index (χ3n) is 3.15. The molecule has 0 spiro atoms. The summed E-state index contributed by atoms with van der Waals surface area (Å²) >= 11 is 5.78. The second-order valence-electron chi connectivity index (χ2n) is 4.69. The van der Waals surface area contributed by atoms with E-state index in [1.54, 1.807) is 6.21 Å². The van der Waals surface area contributed by atoms with Crippen molar-refractivity contribution in [2.45, 2.75) is 19.8 Å². The largest absolute Gasteiger partial charge is 0.336 e. The SMILES string of the molecule is CCC=NC(Cl)=NCNC(=O)C1C=c2ccccc2=CC1. The topological polar surface area (TPSA) is 53.8 Å².